The number of aryl methyl sites for hydroxylation is 2. The van der Waals surface area contributed by atoms with Crippen LogP contribution in [-0.4, -0.2) is 31.7 Å². The van der Waals surface area contributed by atoms with Crippen LogP contribution in [-0.2, 0) is 11.3 Å². The van der Waals surface area contributed by atoms with Gasteiger partial charge in [-0.25, -0.2) is 4.79 Å². The highest BCUT2D eigenvalue weighted by atomic mass is 35.5. The molecule has 0 aliphatic rings. The zero-order valence-electron chi connectivity index (χ0n) is 13.4. The second kappa shape index (κ2) is 7.31. The average Bonchev–Trinajstić information content (AvgIpc) is 2.79. The minimum atomic E-state index is -1.16. The molecule has 25 heavy (non-hydrogen) atoms. The van der Waals surface area contributed by atoms with Gasteiger partial charge in [0.15, 0.2) is 0 Å². The van der Waals surface area contributed by atoms with Gasteiger partial charge in [-0.3, -0.25) is 19.6 Å². The maximum absolute atomic E-state index is 12.0. The highest BCUT2D eigenvalue weighted by Gasteiger charge is 2.21. The first-order valence-electron chi connectivity index (χ1n) is 7.21. The summed E-state index contributed by atoms with van der Waals surface area (Å²) >= 11 is 5.84. The van der Waals surface area contributed by atoms with Crippen molar-refractivity contribution in [3.63, 3.8) is 0 Å². The van der Waals surface area contributed by atoms with E-state index >= 15 is 0 Å². The molecule has 0 aliphatic carbocycles. The van der Waals surface area contributed by atoms with Crippen LogP contribution >= 0.6 is 11.6 Å². The quantitative estimate of drug-likeness (QED) is 0.597. The normalized spacial score (nSPS) is 10.5. The molecule has 2 aromatic rings. The first-order chi connectivity index (χ1) is 11.7. The molecule has 1 amide bonds. The number of nitrogens with zero attached hydrogens (tertiary/aromatic N) is 3. The topological polar surface area (TPSA) is 127 Å². The average molecular weight is 367 g/mol. The molecule has 0 saturated heterocycles. The number of anilines is 1. The Labute approximate surface area is 147 Å². The highest BCUT2D eigenvalue weighted by Crippen LogP contribution is 2.23. The number of carbonyl (C=O) groups excluding carboxylic acids is 1. The zero-order chi connectivity index (χ0) is 18.7. The summed E-state index contributed by atoms with van der Waals surface area (Å²) in [7, 11) is 0. The number of aromatic carboxylic acids is 1. The summed E-state index contributed by atoms with van der Waals surface area (Å²) < 4.78 is 1.41. The number of aromatic nitrogens is 2. The SMILES string of the molecule is Cc1nn(CCC(=O)Nc2ccc(C(=O)O)c(Cl)c2)c(C)c1[N+](=O)[O-]. The number of rotatable bonds is 6. The first kappa shape index (κ1) is 18.4. The number of hydrogen-bond donors (Lipinski definition) is 2. The van der Waals surface area contributed by atoms with Crippen LogP contribution in [0.4, 0.5) is 11.4 Å². The highest BCUT2D eigenvalue weighted by molar-refractivity contribution is 6.33. The maximum atomic E-state index is 12.0. The van der Waals surface area contributed by atoms with Crippen molar-refractivity contribution in [3.8, 4) is 0 Å². The number of carbonyl (C=O) groups is 2. The number of carboxylic acid groups (broad SMARTS) is 1. The maximum Gasteiger partial charge on any atom is 0.337 e. The second-order valence-corrected chi connectivity index (χ2v) is 5.70. The van der Waals surface area contributed by atoms with Crippen LogP contribution in [0.3, 0.4) is 0 Å². The minimum absolute atomic E-state index is 0.0134. The number of carboxylic acids is 1. The van der Waals surface area contributed by atoms with Crippen molar-refractivity contribution in [2.75, 3.05) is 5.32 Å². The molecule has 2 N–H and O–H groups in total. The zero-order valence-corrected chi connectivity index (χ0v) is 14.2. The first-order valence-corrected chi connectivity index (χ1v) is 7.59. The molecule has 0 atom stereocenters. The Kier molecular flexibility index (Phi) is 5.38. The Morgan fingerprint density at radius 3 is 2.60 bits per heavy atom. The third-order valence-corrected chi connectivity index (χ3v) is 3.87. The Hall–Kier alpha value is -2.94. The van der Waals surface area contributed by atoms with Crippen LogP contribution in [0.5, 0.6) is 0 Å². The fourth-order valence-corrected chi connectivity index (χ4v) is 2.63. The predicted molar refractivity (Wildman–Crippen MR) is 90.0 cm³/mol. The van der Waals surface area contributed by atoms with E-state index in [1.165, 1.54) is 29.8 Å². The molecule has 10 heteroatoms. The third-order valence-electron chi connectivity index (χ3n) is 3.56. The van der Waals surface area contributed by atoms with Gasteiger partial charge in [0.05, 0.1) is 22.1 Å². The molecule has 0 fully saturated rings. The fraction of sp³-hybridized carbons (Fsp3) is 0.267. The van der Waals surface area contributed by atoms with Gasteiger partial charge in [0, 0.05) is 12.1 Å². The number of hydrogen-bond acceptors (Lipinski definition) is 5. The molecule has 0 unspecified atom stereocenters. The standard InChI is InChI=1S/C15H15ClN4O5/c1-8-14(20(24)25)9(2)19(18-8)6-5-13(21)17-10-3-4-11(15(22)23)12(16)7-10/h3-4,7H,5-6H2,1-2H3,(H,17,21)(H,22,23). The lowest BCUT2D eigenvalue weighted by atomic mass is 10.2. The summed E-state index contributed by atoms with van der Waals surface area (Å²) in [6.07, 6.45) is 0.0391. The van der Waals surface area contributed by atoms with Gasteiger partial charge in [-0.05, 0) is 32.0 Å². The van der Waals surface area contributed by atoms with Gasteiger partial charge in [-0.15, -0.1) is 0 Å². The summed E-state index contributed by atoms with van der Waals surface area (Å²) in [6, 6.07) is 4.07. The summed E-state index contributed by atoms with van der Waals surface area (Å²) in [5.41, 5.74) is 0.911. The van der Waals surface area contributed by atoms with E-state index in [1.54, 1.807) is 6.92 Å². The number of benzene rings is 1. The molecule has 9 nitrogen and oxygen atoms in total. The van der Waals surface area contributed by atoms with Gasteiger partial charge in [-0.1, -0.05) is 11.6 Å². The van der Waals surface area contributed by atoms with Crippen LogP contribution in [0, 0.1) is 24.0 Å². The van der Waals surface area contributed by atoms with Crippen molar-refractivity contribution >= 4 is 34.9 Å². The van der Waals surface area contributed by atoms with Gasteiger partial charge < -0.3 is 10.4 Å². The van der Waals surface area contributed by atoms with Gasteiger partial charge in [-0.2, -0.15) is 5.10 Å². The lowest BCUT2D eigenvalue weighted by Crippen LogP contribution is -2.16. The van der Waals surface area contributed by atoms with Gasteiger partial charge in [0.25, 0.3) is 0 Å². The van der Waals surface area contributed by atoms with Crippen molar-refractivity contribution < 1.29 is 19.6 Å². The Balaban J connectivity index is 2.02. The van der Waals surface area contributed by atoms with Gasteiger partial charge >= 0.3 is 11.7 Å². The molecule has 0 radical (unpaired) electrons. The summed E-state index contributed by atoms with van der Waals surface area (Å²) in [4.78, 5) is 33.4. The van der Waals surface area contributed by atoms with Gasteiger partial charge in [0.1, 0.15) is 11.4 Å². The van der Waals surface area contributed by atoms with Crippen LogP contribution in [0.2, 0.25) is 5.02 Å². The van der Waals surface area contributed by atoms with E-state index in [0.717, 1.165) is 0 Å². The Bertz CT molecular complexity index is 862. The number of nitrogens with one attached hydrogen (secondary N) is 1. The molecular weight excluding hydrogens is 352 g/mol. The lowest BCUT2D eigenvalue weighted by molar-refractivity contribution is -0.386. The molecule has 1 heterocycles. The van der Waals surface area contributed by atoms with E-state index < -0.39 is 10.9 Å². The van der Waals surface area contributed by atoms with Crippen molar-refractivity contribution in [1.29, 1.82) is 0 Å². The molecule has 132 valence electrons. The fourth-order valence-electron chi connectivity index (χ4n) is 2.37. The van der Waals surface area contributed by atoms with Crippen molar-refractivity contribution in [1.82, 2.24) is 9.78 Å². The van der Waals surface area contributed by atoms with Crippen molar-refractivity contribution in [2.24, 2.45) is 0 Å². The molecule has 1 aromatic heterocycles. The largest absolute Gasteiger partial charge is 0.478 e. The monoisotopic (exact) mass is 366 g/mol. The molecule has 0 aliphatic heterocycles. The molecule has 0 bridgehead atoms. The van der Waals surface area contributed by atoms with Gasteiger partial charge in [0.2, 0.25) is 5.91 Å². The third kappa shape index (κ3) is 4.13. The van der Waals surface area contributed by atoms with Crippen LogP contribution < -0.4 is 5.32 Å². The Morgan fingerprint density at radius 2 is 2.08 bits per heavy atom. The molecule has 2 rings (SSSR count). The van der Waals surface area contributed by atoms with E-state index in [0.29, 0.717) is 17.1 Å². The van der Waals surface area contributed by atoms with E-state index in [-0.39, 0.29) is 35.1 Å². The number of halogens is 1. The van der Waals surface area contributed by atoms with E-state index in [2.05, 4.69) is 10.4 Å². The Morgan fingerprint density at radius 1 is 1.40 bits per heavy atom. The number of amides is 1. The summed E-state index contributed by atoms with van der Waals surface area (Å²) in [5, 5.41) is 26.5. The lowest BCUT2D eigenvalue weighted by Gasteiger charge is -2.08. The van der Waals surface area contributed by atoms with E-state index in [9.17, 15) is 19.7 Å². The number of nitro groups is 1. The molecular formula is C15H15ClN4O5. The van der Waals surface area contributed by atoms with Crippen LogP contribution in [0.25, 0.3) is 0 Å². The molecule has 0 saturated carbocycles. The smallest absolute Gasteiger partial charge is 0.337 e. The summed E-state index contributed by atoms with van der Waals surface area (Å²) in [5.74, 6) is -1.51. The van der Waals surface area contributed by atoms with E-state index in [4.69, 9.17) is 16.7 Å². The predicted octanol–water partition coefficient (Wildman–Crippen LogP) is 2.79. The molecule has 1 aromatic carbocycles. The van der Waals surface area contributed by atoms with Crippen molar-refractivity contribution in [3.05, 3.63) is 50.3 Å². The summed E-state index contributed by atoms with van der Waals surface area (Å²) in [6.45, 7) is 3.28. The van der Waals surface area contributed by atoms with Crippen LogP contribution in [0.15, 0.2) is 18.2 Å². The van der Waals surface area contributed by atoms with Crippen molar-refractivity contribution in [2.45, 2.75) is 26.8 Å². The van der Waals surface area contributed by atoms with E-state index in [1.807, 2.05) is 0 Å². The molecule has 0 spiro atoms. The minimum Gasteiger partial charge on any atom is -0.478 e. The second-order valence-electron chi connectivity index (χ2n) is 5.30. The van der Waals surface area contributed by atoms with Crippen LogP contribution in [0.1, 0.15) is 28.2 Å².